The predicted molar refractivity (Wildman–Crippen MR) is 114 cm³/mol. The molecule has 1 aromatic heterocycles. The summed E-state index contributed by atoms with van der Waals surface area (Å²) < 4.78 is 0. The number of rotatable bonds is 4. The molecular weight excluding hydrogens is 362 g/mol. The van der Waals surface area contributed by atoms with Gasteiger partial charge in [0, 0.05) is 48.8 Å². The van der Waals surface area contributed by atoms with E-state index in [1.807, 2.05) is 36.4 Å². The Morgan fingerprint density at radius 3 is 2.62 bits per heavy atom. The largest absolute Gasteiger partial charge is 0.342 e. The van der Waals surface area contributed by atoms with Crippen LogP contribution < -0.4 is 5.32 Å². The topological polar surface area (TPSA) is 62.3 Å². The van der Waals surface area contributed by atoms with Crippen molar-refractivity contribution in [2.45, 2.75) is 51.4 Å². The second-order valence-corrected chi connectivity index (χ2v) is 8.31. The number of nitrogens with zero attached hydrogens (tertiary/aromatic N) is 2. The van der Waals surface area contributed by atoms with Crippen LogP contribution in [0.2, 0.25) is 0 Å². The smallest absolute Gasteiger partial charge is 0.225 e. The number of aromatic nitrogens is 1. The fraction of sp³-hybridized carbons (Fsp3) is 0.458. The van der Waals surface area contributed by atoms with Crippen LogP contribution in [0.25, 0.3) is 11.3 Å². The molecule has 29 heavy (non-hydrogen) atoms. The summed E-state index contributed by atoms with van der Waals surface area (Å²) in [6.45, 7) is 3.16. The highest BCUT2D eigenvalue weighted by Crippen LogP contribution is 2.32. The fourth-order valence-electron chi connectivity index (χ4n) is 4.65. The van der Waals surface area contributed by atoms with Crippen LogP contribution in [0, 0.1) is 5.92 Å². The Bertz CT molecular complexity index is 889. The second-order valence-electron chi connectivity index (χ2n) is 8.31. The Morgan fingerprint density at radius 1 is 1.03 bits per heavy atom. The number of piperidine rings is 1. The molecule has 1 aliphatic heterocycles. The van der Waals surface area contributed by atoms with E-state index in [1.54, 1.807) is 0 Å². The lowest BCUT2D eigenvalue weighted by Gasteiger charge is -2.34. The summed E-state index contributed by atoms with van der Waals surface area (Å²) in [5.41, 5.74) is 3.70. The lowest BCUT2D eigenvalue weighted by atomic mass is 9.92. The first kappa shape index (κ1) is 19.6. The number of anilines is 1. The predicted octanol–water partition coefficient (Wildman–Crippen LogP) is 4.60. The molecular formula is C24H29N3O2. The van der Waals surface area contributed by atoms with E-state index in [-0.39, 0.29) is 17.7 Å². The number of nitrogens with one attached hydrogen (secondary N) is 1. The van der Waals surface area contributed by atoms with Crippen LogP contribution in [0.1, 0.15) is 57.1 Å². The zero-order valence-corrected chi connectivity index (χ0v) is 17.1. The monoisotopic (exact) mass is 391 g/mol. The maximum absolute atomic E-state index is 12.9. The average molecular weight is 392 g/mol. The summed E-state index contributed by atoms with van der Waals surface area (Å²) >= 11 is 0. The van der Waals surface area contributed by atoms with Crippen molar-refractivity contribution in [3.05, 3.63) is 48.2 Å². The van der Waals surface area contributed by atoms with Gasteiger partial charge >= 0.3 is 0 Å². The maximum Gasteiger partial charge on any atom is 0.225 e. The van der Waals surface area contributed by atoms with E-state index in [0.29, 0.717) is 5.91 Å². The van der Waals surface area contributed by atoms with Crippen LogP contribution in [0.5, 0.6) is 0 Å². The van der Waals surface area contributed by atoms with Gasteiger partial charge in [0.1, 0.15) is 0 Å². The van der Waals surface area contributed by atoms with Crippen molar-refractivity contribution in [3.8, 4) is 11.3 Å². The number of hydrogen-bond acceptors (Lipinski definition) is 3. The zero-order chi connectivity index (χ0) is 20.2. The number of amides is 2. The van der Waals surface area contributed by atoms with Gasteiger partial charge in [-0.2, -0.15) is 0 Å². The van der Waals surface area contributed by atoms with Gasteiger partial charge in [0.2, 0.25) is 11.8 Å². The molecule has 2 fully saturated rings. The molecule has 1 atom stereocenters. The van der Waals surface area contributed by atoms with E-state index in [4.69, 9.17) is 4.98 Å². The van der Waals surface area contributed by atoms with Crippen LogP contribution in [-0.4, -0.2) is 34.8 Å². The molecule has 1 aromatic carbocycles. The highest BCUT2D eigenvalue weighted by Gasteiger charge is 2.31. The summed E-state index contributed by atoms with van der Waals surface area (Å²) in [5.74, 6) is 0.793. The summed E-state index contributed by atoms with van der Waals surface area (Å²) in [6.07, 6.45) is 6.59. The van der Waals surface area contributed by atoms with Crippen molar-refractivity contribution in [1.82, 2.24) is 9.88 Å². The molecule has 0 unspecified atom stereocenters. The molecule has 152 valence electrons. The minimum atomic E-state index is -0.0851. The molecule has 2 amide bonds. The Kier molecular flexibility index (Phi) is 5.93. The third kappa shape index (κ3) is 4.66. The number of likely N-dealkylation sites (tertiary alicyclic amines) is 1. The highest BCUT2D eigenvalue weighted by molar-refractivity contribution is 5.89. The third-order valence-corrected chi connectivity index (χ3v) is 6.11. The Morgan fingerprint density at radius 2 is 1.83 bits per heavy atom. The van der Waals surface area contributed by atoms with Gasteiger partial charge in [-0.1, -0.05) is 31.0 Å². The highest BCUT2D eigenvalue weighted by atomic mass is 16.2. The molecule has 0 spiro atoms. The molecule has 0 bridgehead atoms. The number of pyridine rings is 1. The van der Waals surface area contributed by atoms with Crippen molar-refractivity contribution in [3.63, 3.8) is 0 Å². The van der Waals surface area contributed by atoms with E-state index < -0.39 is 0 Å². The summed E-state index contributed by atoms with van der Waals surface area (Å²) in [5, 5.41) is 2.83. The first-order valence-electron chi connectivity index (χ1n) is 10.7. The van der Waals surface area contributed by atoms with Gasteiger partial charge in [-0.05, 0) is 49.9 Å². The van der Waals surface area contributed by atoms with Gasteiger partial charge in [0.25, 0.3) is 0 Å². The standard InChI is InChI=1S/C24H29N3O2/c1-17(28)25-21-11-4-9-19(15-21)22-12-5-13-23(26-22)20-10-6-14-27(16-20)24(29)18-7-2-3-8-18/h4-5,9,11-13,15,18,20H,2-3,6-8,10,14,16H2,1H3,(H,25,28)/t20-/m1/s1. The number of carbonyl (C=O) groups is 2. The summed E-state index contributed by atoms with van der Waals surface area (Å²) in [6, 6.07) is 13.9. The SMILES string of the molecule is CC(=O)Nc1cccc(-c2cccc([C@@H]3CCCN(C(=O)C4CCCC4)C3)n2)c1. The molecule has 2 heterocycles. The Hall–Kier alpha value is -2.69. The average Bonchev–Trinajstić information content (AvgIpc) is 3.28. The van der Waals surface area contributed by atoms with Crippen molar-refractivity contribution >= 4 is 17.5 Å². The van der Waals surface area contributed by atoms with Crippen molar-refractivity contribution in [2.75, 3.05) is 18.4 Å². The van der Waals surface area contributed by atoms with Gasteiger partial charge in [-0.25, -0.2) is 0 Å². The minimum Gasteiger partial charge on any atom is -0.342 e. The van der Waals surface area contributed by atoms with E-state index in [9.17, 15) is 9.59 Å². The maximum atomic E-state index is 12.9. The minimum absolute atomic E-state index is 0.0851. The fourth-order valence-corrected chi connectivity index (χ4v) is 4.65. The Labute approximate surface area is 172 Å². The van der Waals surface area contributed by atoms with E-state index >= 15 is 0 Å². The molecule has 1 saturated heterocycles. The number of benzene rings is 1. The van der Waals surface area contributed by atoms with Gasteiger partial charge in [0.15, 0.2) is 0 Å². The second kappa shape index (κ2) is 8.76. The summed E-state index contributed by atoms with van der Waals surface area (Å²) in [7, 11) is 0. The molecule has 4 rings (SSSR count). The van der Waals surface area contributed by atoms with Gasteiger partial charge < -0.3 is 10.2 Å². The molecule has 5 heteroatoms. The van der Waals surface area contributed by atoms with Gasteiger partial charge in [0.05, 0.1) is 5.69 Å². The van der Waals surface area contributed by atoms with Crippen molar-refractivity contribution < 1.29 is 9.59 Å². The number of carbonyl (C=O) groups excluding carboxylic acids is 2. The van der Waals surface area contributed by atoms with E-state index in [1.165, 1.54) is 19.8 Å². The van der Waals surface area contributed by atoms with Crippen molar-refractivity contribution in [2.24, 2.45) is 5.92 Å². The molecule has 0 radical (unpaired) electrons. The van der Waals surface area contributed by atoms with E-state index in [0.717, 1.165) is 61.4 Å². The number of hydrogen-bond donors (Lipinski definition) is 1. The first-order chi connectivity index (χ1) is 14.1. The normalized spacial score (nSPS) is 19.9. The van der Waals surface area contributed by atoms with Crippen molar-refractivity contribution in [1.29, 1.82) is 0 Å². The molecule has 2 aliphatic rings. The van der Waals surface area contributed by atoms with Gasteiger partial charge in [-0.15, -0.1) is 0 Å². The van der Waals surface area contributed by atoms with Crippen LogP contribution in [0.3, 0.4) is 0 Å². The van der Waals surface area contributed by atoms with Crippen LogP contribution in [-0.2, 0) is 9.59 Å². The molecule has 1 saturated carbocycles. The first-order valence-corrected chi connectivity index (χ1v) is 10.7. The van der Waals surface area contributed by atoms with Crippen LogP contribution in [0.4, 0.5) is 5.69 Å². The molecule has 5 nitrogen and oxygen atoms in total. The molecule has 2 aromatic rings. The van der Waals surface area contributed by atoms with Crippen LogP contribution >= 0.6 is 0 Å². The lowest BCUT2D eigenvalue weighted by molar-refractivity contribution is -0.136. The quantitative estimate of drug-likeness (QED) is 0.828. The lowest BCUT2D eigenvalue weighted by Crippen LogP contribution is -2.42. The van der Waals surface area contributed by atoms with E-state index in [2.05, 4.69) is 16.3 Å². The third-order valence-electron chi connectivity index (χ3n) is 6.11. The van der Waals surface area contributed by atoms with Crippen LogP contribution in [0.15, 0.2) is 42.5 Å². The zero-order valence-electron chi connectivity index (χ0n) is 17.1. The van der Waals surface area contributed by atoms with Gasteiger partial charge in [-0.3, -0.25) is 14.6 Å². The molecule has 1 N–H and O–H groups in total. The summed E-state index contributed by atoms with van der Waals surface area (Å²) in [4.78, 5) is 31.2. The Balaban J connectivity index is 1.51. The molecule has 1 aliphatic carbocycles.